The molecule has 3 aliphatic heterocycles. The van der Waals surface area contributed by atoms with Gasteiger partial charge in [0.25, 0.3) is 5.91 Å². The molecule has 0 radical (unpaired) electrons. The third-order valence-corrected chi connectivity index (χ3v) is 10.9. The number of aliphatic hydroxyl groups excluding tert-OH is 1. The molecule has 1 spiro atoms. The van der Waals surface area contributed by atoms with Crippen molar-refractivity contribution in [3.05, 3.63) is 84.9 Å². The molecule has 3 saturated heterocycles. The van der Waals surface area contributed by atoms with Crippen LogP contribution in [0.2, 0.25) is 5.02 Å². The second-order valence-electron chi connectivity index (χ2n) is 10.8. The van der Waals surface area contributed by atoms with E-state index in [2.05, 4.69) is 13.2 Å². The minimum Gasteiger partial charge on any atom is -0.394 e. The predicted octanol–water partition coefficient (Wildman–Crippen LogP) is 4.94. The van der Waals surface area contributed by atoms with Crippen LogP contribution in [-0.4, -0.2) is 69.5 Å². The Morgan fingerprint density at radius 2 is 1.68 bits per heavy atom. The van der Waals surface area contributed by atoms with Gasteiger partial charge in [0.1, 0.15) is 6.04 Å². The molecule has 3 heterocycles. The van der Waals surface area contributed by atoms with Gasteiger partial charge in [-0.1, -0.05) is 48.9 Å². The van der Waals surface area contributed by atoms with Gasteiger partial charge >= 0.3 is 0 Å². The summed E-state index contributed by atoms with van der Waals surface area (Å²) in [5, 5.41) is 10.8. The minimum atomic E-state index is -0.829. The van der Waals surface area contributed by atoms with Crippen molar-refractivity contribution in [3.8, 4) is 0 Å². The molecule has 2 aromatic carbocycles. The molecule has 216 valence electrons. The molecule has 0 saturated carbocycles. The number of likely N-dealkylation sites (tertiary alicyclic amines) is 1. The average Bonchev–Trinajstić information content (AvgIpc) is 3.63. The number of aliphatic hydroxyl groups is 1. The van der Waals surface area contributed by atoms with Crippen LogP contribution in [0.3, 0.4) is 0 Å². The number of benzene rings is 2. The van der Waals surface area contributed by atoms with E-state index < -0.39 is 28.7 Å². The maximum absolute atomic E-state index is 14.6. The van der Waals surface area contributed by atoms with Crippen LogP contribution < -0.4 is 9.80 Å². The van der Waals surface area contributed by atoms with E-state index >= 15 is 0 Å². The summed E-state index contributed by atoms with van der Waals surface area (Å²) in [6, 6.07) is 15.1. The number of rotatable bonds is 11. The van der Waals surface area contributed by atoms with E-state index in [1.165, 1.54) is 0 Å². The first kappa shape index (κ1) is 29.4. The lowest BCUT2D eigenvalue weighted by atomic mass is 9.70. The van der Waals surface area contributed by atoms with Gasteiger partial charge in [0.15, 0.2) is 0 Å². The summed E-state index contributed by atoms with van der Waals surface area (Å²) in [6.07, 6.45) is 5.21. The van der Waals surface area contributed by atoms with Crippen molar-refractivity contribution in [1.82, 2.24) is 4.90 Å². The Bertz CT molecular complexity index is 1320. The fraction of sp³-hybridized carbons (Fsp3) is 0.406. The molecule has 3 amide bonds. The molecule has 7 nitrogen and oxygen atoms in total. The largest absolute Gasteiger partial charge is 0.394 e. The first-order valence-corrected chi connectivity index (χ1v) is 15.3. The van der Waals surface area contributed by atoms with Gasteiger partial charge in [-0.2, -0.15) is 0 Å². The highest BCUT2D eigenvalue weighted by Gasteiger charge is 2.74. The molecule has 9 heteroatoms. The third kappa shape index (κ3) is 4.90. The van der Waals surface area contributed by atoms with Gasteiger partial charge in [0.2, 0.25) is 11.8 Å². The van der Waals surface area contributed by atoms with Gasteiger partial charge in [0.05, 0.1) is 29.2 Å². The number of hydrogen-bond acceptors (Lipinski definition) is 5. The van der Waals surface area contributed by atoms with Crippen molar-refractivity contribution in [2.45, 2.75) is 48.3 Å². The highest BCUT2D eigenvalue weighted by atomic mass is 35.5. The first-order valence-electron chi connectivity index (χ1n) is 14.1. The van der Waals surface area contributed by atoms with Gasteiger partial charge in [-0.05, 0) is 55.7 Å². The van der Waals surface area contributed by atoms with Crippen LogP contribution in [-0.2, 0) is 14.4 Å². The molecule has 2 unspecified atom stereocenters. The number of anilines is 2. The number of carbonyl (C=O) groups is 3. The number of para-hydroxylation sites is 1. The summed E-state index contributed by atoms with van der Waals surface area (Å²) in [5.74, 6) is -1.83. The van der Waals surface area contributed by atoms with Crippen LogP contribution >= 0.6 is 23.4 Å². The normalized spacial score (nSPS) is 26.9. The zero-order valence-corrected chi connectivity index (χ0v) is 24.8. The summed E-state index contributed by atoms with van der Waals surface area (Å²) in [6.45, 7) is 9.91. The van der Waals surface area contributed by atoms with Crippen LogP contribution in [0.1, 0.15) is 26.2 Å². The Kier molecular flexibility index (Phi) is 8.64. The zero-order valence-electron chi connectivity index (χ0n) is 23.2. The van der Waals surface area contributed by atoms with Gasteiger partial charge in [-0.15, -0.1) is 24.9 Å². The number of hydrogen-bond donors (Lipinski definition) is 1. The Hall–Kier alpha value is -3.07. The van der Waals surface area contributed by atoms with E-state index in [1.807, 2.05) is 37.3 Å². The number of amides is 3. The summed E-state index contributed by atoms with van der Waals surface area (Å²) in [5.41, 5.74) is 1.39. The van der Waals surface area contributed by atoms with Crippen LogP contribution in [0.25, 0.3) is 0 Å². The van der Waals surface area contributed by atoms with Gasteiger partial charge < -0.3 is 19.8 Å². The monoisotopic (exact) mass is 593 g/mol. The fourth-order valence-corrected chi connectivity index (χ4v) is 9.24. The quantitative estimate of drug-likeness (QED) is 0.373. The van der Waals surface area contributed by atoms with Crippen LogP contribution in [0.15, 0.2) is 79.9 Å². The van der Waals surface area contributed by atoms with E-state index in [9.17, 15) is 19.5 Å². The third-order valence-electron chi connectivity index (χ3n) is 8.69. The maximum atomic E-state index is 14.6. The Labute approximate surface area is 250 Å². The molecule has 1 N–H and O–H groups in total. The molecule has 5 rings (SSSR count). The highest BCUT2D eigenvalue weighted by molar-refractivity contribution is 8.02. The molecule has 3 aliphatic rings. The number of nitrogens with zero attached hydrogens (tertiary/aromatic N) is 3. The van der Waals surface area contributed by atoms with Gasteiger partial charge in [0, 0.05) is 34.7 Å². The van der Waals surface area contributed by atoms with Crippen molar-refractivity contribution in [2.75, 3.05) is 29.5 Å². The van der Waals surface area contributed by atoms with E-state index in [0.717, 1.165) is 12.1 Å². The molecule has 41 heavy (non-hydrogen) atoms. The zero-order chi connectivity index (χ0) is 29.3. The predicted molar refractivity (Wildman–Crippen MR) is 165 cm³/mol. The number of halogens is 1. The molecule has 2 aromatic rings. The lowest BCUT2D eigenvalue weighted by Gasteiger charge is -2.39. The SMILES string of the molecule is C=CCN(C(=O)C1N([C@@H](CC)CO)C(=O)[C@@H]2[C@H](C(=O)N(CC=C)c3ccccc3)[C@@H]3CCC12S3)c1ccc(Cl)cc1. The summed E-state index contributed by atoms with van der Waals surface area (Å²) >= 11 is 7.75. The topological polar surface area (TPSA) is 81.2 Å². The number of carbonyl (C=O) groups excluding carboxylic acids is 3. The van der Waals surface area contributed by atoms with Crippen molar-refractivity contribution in [2.24, 2.45) is 11.8 Å². The lowest BCUT2D eigenvalue weighted by molar-refractivity contribution is -0.141. The Morgan fingerprint density at radius 1 is 1.07 bits per heavy atom. The number of fused-ring (bicyclic) bond motifs is 1. The standard InChI is InChI=1S/C32H36ClN3O4S/c1-4-18-34(23-10-8-7-9-11-23)29(38)26-25-16-17-32(41-25)27(26)30(39)36(22(6-3)20-37)28(32)31(40)35(19-5-2)24-14-12-21(33)13-15-24/h4-5,7-15,22,25-28,37H,1-2,6,16-20H2,3H3/t22-,25-,26+,27-,28?,32?/m0/s1. The number of thioether (sulfide) groups is 1. The van der Waals surface area contributed by atoms with Crippen molar-refractivity contribution >= 4 is 52.5 Å². The summed E-state index contributed by atoms with van der Waals surface area (Å²) in [7, 11) is 0. The smallest absolute Gasteiger partial charge is 0.251 e. The highest BCUT2D eigenvalue weighted by Crippen LogP contribution is 2.67. The Balaban J connectivity index is 1.58. The van der Waals surface area contributed by atoms with E-state index in [1.54, 1.807) is 62.9 Å². The van der Waals surface area contributed by atoms with E-state index in [-0.39, 0.29) is 36.1 Å². The molecule has 2 bridgehead atoms. The summed E-state index contributed by atoms with van der Waals surface area (Å²) in [4.78, 5) is 48.3. The van der Waals surface area contributed by atoms with Crippen LogP contribution in [0, 0.1) is 11.8 Å². The Morgan fingerprint density at radius 3 is 2.27 bits per heavy atom. The maximum Gasteiger partial charge on any atom is 0.251 e. The molecule has 0 aromatic heterocycles. The average molecular weight is 594 g/mol. The molecule has 0 aliphatic carbocycles. The molecular formula is C32H36ClN3O4S. The first-order chi connectivity index (χ1) is 19.8. The van der Waals surface area contributed by atoms with Crippen molar-refractivity contribution in [1.29, 1.82) is 0 Å². The fourth-order valence-electron chi connectivity index (χ4n) is 6.92. The van der Waals surface area contributed by atoms with Gasteiger partial charge in [-0.25, -0.2) is 0 Å². The second kappa shape index (κ2) is 12.0. The van der Waals surface area contributed by atoms with Crippen LogP contribution in [0.4, 0.5) is 11.4 Å². The minimum absolute atomic E-state index is 0.0810. The molecule has 3 fully saturated rings. The van der Waals surface area contributed by atoms with E-state index in [0.29, 0.717) is 30.1 Å². The van der Waals surface area contributed by atoms with Gasteiger partial charge in [-0.3, -0.25) is 14.4 Å². The molecular weight excluding hydrogens is 558 g/mol. The molecule has 6 atom stereocenters. The summed E-state index contributed by atoms with van der Waals surface area (Å²) < 4.78 is -0.774. The van der Waals surface area contributed by atoms with Crippen molar-refractivity contribution in [3.63, 3.8) is 0 Å². The lowest BCUT2D eigenvalue weighted by Crippen LogP contribution is -2.57. The van der Waals surface area contributed by atoms with Crippen LogP contribution in [0.5, 0.6) is 0 Å². The second-order valence-corrected chi connectivity index (χ2v) is 12.9. The van der Waals surface area contributed by atoms with Crippen molar-refractivity contribution < 1.29 is 19.5 Å². The van der Waals surface area contributed by atoms with E-state index in [4.69, 9.17) is 11.6 Å².